The Balaban J connectivity index is 3.34. The fraction of sp³-hybridized carbons (Fsp3) is 0.727. The monoisotopic (exact) mass is 211 g/mol. The zero-order valence-corrected chi connectivity index (χ0v) is 10.3. The molecule has 0 aliphatic heterocycles. The van der Waals surface area contributed by atoms with Crippen LogP contribution in [0, 0.1) is 0 Å². The summed E-state index contributed by atoms with van der Waals surface area (Å²) in [5.41, 5.74) is 7.70. The average molecular weight is 211 g/mol. The lowest BCUT2D eigenvalue weighted by atomic mass is 10.1. The van der Waals surface area contributed by atoms with E-state index in [9.17, 15) is 0 Å². The van der Waals surface area contributed by atoms with Gasteiger partial charge in [-0.15, -0.1) is 0 Å². The second-order valence-electron chi connectivity index (χ2n) is 4.57. The Morgan fingerprint density at radius 2 is 2.00 bits per heavy atom. The van der Waals surface area contributed by atoms with Crippen LogP contribution in [0.2, 0.25) is 0 Å². The van der Waals surface area contributed by atoms with Crippen LogP contribution in [0.4, 0.5) is 0 Å². The molecule has 0 fully saturated rings. The Bertz CT molecular complexity index is 336. The molecule has 1 aromatic rings. The summed E-state index contributed by atoms with van der Waals surface area (Å²) < 4.78 is 7.31. The van der Waals surface area contributed by atoms with Gasteiger partial charge in [0.1, 0.15) is 0 Å². The van der Waals surface area contributed by atoms with E-state index in [0.29, 0.717) is 6.54 Å². The molecule has 0 aliphatic rings. The van der Waals surface area contributed by atoms with Gasteiger partial charge in [-0.1, -0.05) is 6.92 Å². The lowest BCUT2D eigenvalue weighted by Crippen LogP contribution is -2.24. The van der Waals surface area contributed by atoms with Crippen LogP contribution in [0.1, 0.15) is 39.0 Å². The van der Waals surface area contributed by atoms with Crippen molar-refractivity contribution >= 4 is 0 Å². The van der Waals surface area contributed by atoms with Crippen molar-refractivity contribution in [3.63, 3.8) is 0 Å². The molecule has 2 N–H and O–H groups in total. The van der Waals surface area contributed by atoms with Gasteiger partial charge in [0.05, 0.1) is 23.9 Å². The number of aromatic nitrogens is 2. The Labute approximate surface area is 91.4 Å². The van der Waals surface area contributed by atoms with Crippen molar-refractivity contribution in [1.82, 2.24) is 9.78 Å². The van der Waals surface area contributed by atoms with E-state index in [1.807, 2.05) is 4.68 Å². The third-order valence-corrected chi connectivity index (χ3v) is 2.39. The summed E-state index contributed by atoms with van der Waals surface area (Å²) in [6.45, 7) is 8.85. The second-order valence-corrected chi connectivity index (χ2v) is 4.57. The molecular formula is C11H21N3O. The second kappa shape index (κ2) is 4.23. The van der Waals surface area contributed by atoms with Gasteiger partial charge in [-0.05, 0) is 27.2 Å². The summed E-state index contributed by atoms with van der Waals surface area (Å²) in [6.07, 6.45) is 0.881. The van der Waals surface area contributed by atoms with Crippen LogP contribution >= 0.6 is 0 Å². The van der Waals surface area contributed by atoms with Gasteiger partial charge in [-0.2, -0.15) is 5.10 Å². The summed E-state index contributed by atoms with van der Waals surface area (Å²) in [4.78, 5) is 0. The number of methoxy groups -OCH3 is 1. The van der Waals surface area contributed by atoms with Crippen molar-refractivity contribution in [2.75, 3.05) is 7.11 Å². The Morgan fingerprint density at radius 1 is 1.40 bits per heavy atom. The van der Waals surface area contributed by atoms with Gasteiger partial charge in [-0.25, -0.2) is 4.68 Å². The Kier molecular flexibility index (Phi) is 3.39. The number of rotatable bonds is 3. The fourth-order valence-electron chi connectivity index (χ4n) is 1.63. The molecule has 1 heterocycles. The number of nitrogens with zero attached hydrogens (tertiary/aromatic N) is 2. The molecule has 0 unspecified atom stereocenters. The van der Waals surface area contributed by atoms with Gasteiger partial charge < -0.3 is 10.5 Å². The summed E-state index contributed by atoms with van der Waals surface area (Å²) in [5, 5.41) is 4.55. The number of aryl methyl sites for hydroxylation is 1. The third kappa shape index (κ3) is 2.15. The minimum Gasteiger partial charge on any atom is -0.481 e. The molecule has 0 atom stereocenters. The Hall–Kier alpha value is -1.03. The first kappa shape index (κ1) is 12.0. The van der Waals surface area contributed by atoms with Crippen LogP contribution in [-0.4, -0.2) is 16.9 Å². The molecule has 4 heteroatoms. The largest absolute Gasteiger partial charge is 0.481 e. The maximum atomic E-state index is 5.73. The molecule has 0 bridgehead atoms. The SMILES string of the molecule is CCc1nn(C(C)(C)C)c(OC)c1CN. The number of hydrogen-bond acceptors (Lipinski definition) is 3. The van der Waals surface area contributed by atoms with Gasteiger partial charge in [-0.3, -0.25) is 0 Å². The molecule has 1 rings (SSSR count). The highest BCUT2D eigenvalue weighted by Crippen LogP contribution is 2.28. The minimum absolute atomic E-state index is 0.0807. The van der Waals surface area contributed by atoms with Crippen molar-refractivity contribution in [1.29, 1.82) is 0 Å². The summed E-state index contributed by atoms with van der Waals surface area (Å²) in [7, 11) is 1.66. The summed E-state index contributed by atoms with van der Waals surface area (Å²) in [5.74, 6) is 0.793. The molecule has 4 nitrogen and oxygen atoms in total. The van der Waals surface area contributed by atoms with E-state index in [1.54, 1.807) is 7.11 Å². The van der Waals surface area contributed by atoms with E-state index >= 15 is 0 Å². The first-order chi connectivity index (χ1) is 6.95. The van der Waals surface area contributed by atoms with Crippen LogP contribution in [0.15, 0.2) is 0 Å². The highest BCUT2D eigenvalue weighted by molar-refractivity contribution is 5.32. The molecule has 15 heavy (non-hydrogen) atoms. The lowest BCUT2D eigenvalue weighted by Gasteiger charge is -2.21. The maximum absolute atomic E-state index is 5.73. The van der Waals surface area contributed by atoms with E-state index < -0.39 is 0 Å². The van der Waals surface area contributed by atoms with Crippen molar-refractivity contribution in [3.8, 4) is 5.88 Å². The molecule has 1 aromatic heterocycles. The first-order valence-corrected chi connectivity index (χ1v) is 5.31. The highest BCUT2D eigenvalue weighted by Gasteiger charge is 2.24. The molecule has 0 aliphatic carbocycles. The number of nitrogens with two attached hydrogens (primary N) is 1. The van der Waals surface area contributed by atoms with Gasteiger partial charge in [0.25, 0.3) is 0 Å². The molecule has 0 spiro atoms. The summed E-state index contributed by atoms with van der Waals surface area (Å²) >= 11 is 0. The highest BCUT2D eigenvalue weighted by atomic mass is 16.5. The topological polar surface area (TPSA) is 53.1 Å². The molecule has 0 amide bonds. The van der Waals surface area contributed by atoms with Crippen LogP contribution in [0.3, 0.4) is 0 Å². The molecule has 0 saturated heterocycles. The van der Waals surface area contributed by atoms with Crippen molar-refractivity contribution in [3.05, 3.63) is 11.3 Å². The van der Waals surface area contributed by atoms with E-state index in [-0.39, 0.29) is 5.54 Å². The molecular weight excluding hydrogens is 190 g/mol. The molecule has 0 saturated carbocycles. The Morgan fingerprint density at radius 3 is 2.33 bits per heavy atom. The van der Waals surface area contributed by atoms with E-state index in [0.717, 1.165) is 23.6 Å². The standard InChI is InChI=1S/C11H21N3O/c1-6-9-8(7-12)10(15-5)14(13-9)11(2,3)4/h6-7,12H2,1-5H3. The van der Waals surface area contributed by atoms with Crippen molar-refractivity contribution in [2.45, 2.75) is 46.2 Å². The van der Waals surface area contributed by atoms with Crippen molar-refractivity contribution < 1.29 is 4.74 Å². The lowest BCUT2D eigenvalue weighted by molar-refractivity contribution is 0.280. The van der Waals surface area contributed by atoms with Crippen LogP contribution < -0.4 is 10.5 Å². The van der Waals surface area contributed by atoms with Crippen molar-refractivity contribution in [2.24, 2.45) is 5.73 Å². The number of hydrogen-bond donors (Lipinski definition) is 1. The van der Waals surface area contributed by atoms with Crippen LogP contribution in [-0.2, 0) is 18.5 Å². The van der Waals surface area contributed by atoms with E-state index in [1.165, 1.54) is 0 Å². The third-order valence-electron chi connectivity index (χ3n) is 2.39. The quantitative estimate of drug-likeness (QED) is 0.827. The summed E-state index contributed by atoms with van der Waals surface area (Å²) in [6, 6.07) is 0. The normalized spacial score (nSPS) is 11.9. The van der Waals surface area contributed by atoms with Gasteiger partial charge in [0.15, 0.2) is 0 Å². The smallest absolute Gasteiger partial charge is 0.216 e. The van der Waals surface area contributed by atoms with Gasteiger partial charge >= 0.3 is 0 Å². The minimum atomic E-state index is -0.0807. The molecule has 86 valence electrons. The van der Waals surface area contributed by atoms with E-state index in [4.69, 9.17) is 10.5 Å². The predicted octanol–water partition coefficient (Wildman–Crippen LogP) is 1.67. The fourth-order valence-corrected chi connectivity index (χ4v) is 1.63. The van der Waals surface area contributed by atoms with Gasteiger partial charge in [0, 0.05) is 6.54 Å². The number of ether oxygens (including phenoxy) is 1. The zero-order chi connectivity index (χ0) is 11.6. The zero-order valence-electron chi connectivity index (χ0n) is 10.3. The predicted molar refractivity (Wildman–Crippen MR) is 61.0 cm³/mol. The maximum Gasteiger partial charge on any atom is 0.216 e. The van der Waals surface area contributed by atoms with Gasteiger partial charge in [0.2, 0.25) is 5.88 Å². The first-order valence-electron chi connectivity index (χ1n) is 5.31. The van der Waals surface area contributed by atoms with Crippen LogP contribution in [0.25, 0.3) is 0 Å². The molecule has 0 aromatic carbocycles. The molecule has 0 radical (unpaired) electrons. The van der Waals surface area contributed by atoms with E-state index in [2.05, 4.69) is 32.8 Å². The average Bonchev–Trinajstić information content (AvgIpc) is 2.54. The van der Waals surface area contributed by atoms with Crippen LogP contribution in [0.5, 0.6) is 5.88 Å².